The fourth-order valence-electron chi connectivity index (χ4n) is 1.76. The summed E-state index contributed by atoms with van der Waals surface area (Å²) in [5, 5.41) is 0. The third-order valence-electron chi connectivity index (χ3n) is 2.73. The van der Waals surface area contributed by atoms with E-state index in [2.05, 4.69) is 0 Å². The molecule has 102 valence electrons. The Balaban J connectivity index is 2.90. The highest BCUT2D eigenvalue weighted by Crippen LogP contribution is 2.30. The first-order valence-electron chi connectivity index (χ1n) is 6.09. The van der Waals surface area contributed by atoms with Crippen LogP contribution in [0, 0.1) is 5.82 Å². The molecular formula is C13H21FN2O2. The minimum Gasteiger partial charge on any atom is -0.494 e. The molecule has 0 heterocycles. The number of hydrogen-bond donors (Lipinski definition) is 1. The molecule has 1 rings (SSSR count). The lowest BCUT2D eigenvalue weighted by Crippen LogP contribution is -2.28. The molecule has 0 aliphatic carbocycles. The number of anilines is 2. The number of rotatable bonds is 7. The van der Waals surface area contributed by atoms with E-state index in [0.717, 1.165) is 12.2 Å². The van der Waals surface area contributed by atoms with Crippen molar-refractivity contribution in [1.82, 2.24) is 0 Å². The number of benzene rings is 1. The molecule has 0 aliphatic heterocycles. The van der Waals surface area contributed by atoms with Crippen LogP contribution in [0.1, 0.15) is 13.8 Å². The van der Waals surface area contributed by atoms with Crippen LogP contribution in [0.4, 0.5) is 15.8 Å². The minimum absolute atomic E-state index is 0.203. The topological polar surface area (TPSA) is 47.7 Å². The van der Waals surface area contributed by atoms with E-state index in [1.54, 1.807) is 6.07 Å². The number of nitrogens with two attached hydrogens (primary N) is 1. The van der Waals surface area contributed by atoms with E-state index < -0.39 is 5.82 Å². The molecule has 0 atom stereocenters. The van der Waals surface area contributed by atoms with E-state index in [-0.39, 0.29) is 5.75 Å². The molecule has 0 saturated heterocycles. The number of halogens is 1. The van der Waals surface area contributed by atoms with E-state index in [0.29, 0.717) is 25.4 Å². The van der Waals surface area contributed by atoms with E-state index >= 15 is 0 Å². The van der Waals surface area contributed by atoms with Gasteiger partial charge in [0.1, 0.15) is 0 Å². The highest BCUT2D eigenvalue weighted by molar-refractivity contribution is 5.70. The number of nitrogen functional groups attached to an aromatic ring is 1. The Morgan fingerprint density at radius 2 is 2.06 bits per heavy atom. The predicted molar refractivity (Wildman–Crippen MR) is 71.7 cm³/mol. The van der Waals surface area contributed by atoms with Gasteiger partial charge in [-0.2, -0.15) is 0 Å². The lowest BCUT2D eigenvalue weighted by Gasteiger charge is -2.25. The predicted octanol–water partition coefficient (Wildman–Crippen LogP) is 2.28. The maximum absolute atomic E-state index is 13.5. The smallest absolute Gasteiger partial charge is 0.167 e. The van der Waals surface area contributed by atoms with Gasteiger partial charge in [0.25, 0.3) is 0 Å². The van der Waals surface area contributed by atoms with Crippen molar-refractivity contribution in [2.45, 2.75) is 13.8 Å². The molecule has 1 aromatic carbocycles. The molecule has 2 N–H and O–H groups in total. The molecule has 0 aliphatic rings. The summed E-state index contributed by atoms with van der Waals surface area (Å²) in [6, 6.07) is 2.91. The normalized spacial score (nSPS) is 10.4. The molecule has 0 unspecified atom stereocenters. The molecule has 18 heavy (non-hydrogen) atoms. The fourth-order valence-corrected chi connectivity index (χ4v) is 1.76. The molecule has 1 aromatic rings. The first-order chi connectivity index (χ1) is 8.63. The van der Waals surface area contributed by atoms with Crippen molar-refractivity contribution in [1.29, 1.82) is 0 Å². The van der Waals surface area contributed by atoms with Crippen LogP contribution < -0.4 is 15.4 Å². The average Bonchev–Trinajstić information content (AvgIpc) is 2.36. The molecule has 0 aromatic heterocycles. The zero-order chi connectivity index (χ0) is 13.5. The van der Waals surface area contributed by atoms with Gasteiger partial charge in [-0.25, -0.2) is 4.39 Å². The molecule has 0 amide bonds. The Kier molecular flexibility index (Phi) is 5.71. The van der Waals surface area contributed by atoms with Gasteiger partial charge in [0.15, 0.2) is 11.6 Å². The maximum atomic E-state index is 13.5. The third-order valence-corrected chi connectivity index (χ3v) is 2.73. The Bertz CT molecular complexity index is 385. The first-order valence-corrected chi connectivity index (χ1v) is 6.09. The lowest BCUT2D eigenvalue weighted by atomic mass is 10.2. The van der Waals surface area contributed by atoms with Crippen LogP contribution in [0.3, 0.4) is 0 Å². The zero-order valence-corrected chi connectivity index (χ0v) is 11.2. The summed E-state index contributed by atoms with van der Waals surface area (Å²) in [5.41, 5.74) is 7.03. The van der Waals surface area contributed by atoms with Crippen molar-refractivity contribution in [3.8, 4) is 5.75 Å². The van der Waals surface area contributed by atoms with Gasteiger partial charge in [-0.3, -0.25) is 0 Å². The van der Waals surface area contributed by atoms with E-state index in [1.807, 2.05) is 18.7 Å². The van der Waals surface area contributed by atoms with Gasteiger partial charge in [0.05, 0.1) is 25.1 Å². The SMILES string of the molecule is CCOCCN(CC)c1cc(OC)c(F)cc1N. The van der Waals surface area contributed by atoms with Crippen molar-refractivity contribution in [2.24, 2.45) is 0 Å². The van der Waals surface area contributed by atoms with Gasteiger partial charge in [-0.15, -0.1) is 0 Å². The fraction of sp³-hybridized carbons (Fsp3) is 0.538. The summed E-state index contributed by atoms with van der Waals surface area (Å²) in [5.74, 6) is -0.242. The summed E-state index contributed by atoms with van der Waals surface area (Å²) in [6.07, 6.45) is 0. The lowest BCUT2D eigenvalue weighted by molar-refractivity contribution is 0.154. The molecule has 0 spiro atoms. The van der Waals surface area contributed by atoms with Crippen LogP contribution in [0.15, 0.2) is 12.1 Å². The van der Waals surface area contributed by atoms with Crippen LogP contribution in [0.25, 0.3) is 0 Å². The van der Waals surface area contributed by atoms with Gasteiger partial charge >= 0.3 is 0 Å². The summed E-state index contributed by atoms with van der Waals surface area (Å²) < 4.78 is 23.7. The molecule has 0 bridgehead atoms. The Labute approximate surface area is 107 Å². The monoisotopic (exact) mass is 256 g/mol. The van der Waals surface area contributed by atoms with Crippen molar-refractivity contribution in [3.05, 3.63) is 17.9 Å². The van der Waals surface area contributed by atoms with Crippen molar-refractivity contribution in [3.63, 3.8) is 0 Å². The number of ether oxygens (including phenoxy) is 2. The summed E-state index contributed by atoms with van der Waals surface area (Å²) >= 11 is 0. The van der Waals surface area contributed by atoms with Crippen molar-refractivity contribution < 1.29 is 13.9 Å². The largest absolute Gasteiger partial charge is 0.494 e. The van der Waals surface area contributed by atoms with Crippen LogP contribution in [-0.2, 0) is 4.74 Å². The second-order valence-corrected chi connectivity index (χ2v) is 3.82. The highest BCUT2D eigenvalue weighted by Gasteiger charge is 2.13. The average molecular weight is 256 g/mol. The van der Waals surface area contributed by atoms with Crippen LogP contribution in [-0.4, -0.2) is 33.4 Å². The Hall–Kier alpha value is -1.49. The van der Waals surface area contributed by atoms with Gasteiger partial charge in [0.2, 0.25) is 0 Å². The second-order valence-electron chi connectivity index (χ2n) is 3.82. The summed E-state index contributed by atoms with van der Waals surface area (Å²) in [4.78, 5) is 2.03. The van der Waals surface area contributed by atoms with Gasteiger partial charge in [-0.1, -0.05) is 0 Å². The molecule has 0 saturated carbocycles. The number of methoxy groups -OCH3 is 1. The Morgan fingerprint density at radius 3 is 2.61 bits per heavy atom. The quantitative estimate of drug-likeness (QED) is 0.600. The molecule has 0 fully saturated rings. The van der Waals surface area contributed by atoms with E-state index in [4.69, 9.17) is 15.2 Å². The standard InChI is InChI=1S/C13H21FN2O2/c1-4-16(6-7-18-5-2)12-9-13(17-3)10(14)8-11(12)15/h8-9H,4-7,15H2,1-3H3. The summed E-state index contributed by atoms with van der Waals surface area (Å²) in [7, 11) is 1.44. The molecular weight excluding hydrogens is 235 g/mol. The second kappa shape index (κ2) is 7.06. The first kappa shape index (κ1) is 14.6. The third kappa shape index (κ3) is 3.50. The van der Waals surface area contributed by atoms with Crippen LogP contribution in [0.5, 0.6) is 5.75 Å². The van der Waals surface area contributed by atoms with Gasteiger partial charge in [-0.05, 0) is 13.8 Å². The number of likely N-dealkylation sites (N-methyl/N-ethyl adjacent to an activating group) is 1. The van der Waals surface area contributed by atoms with Gasteiger partial charge < -0.3 is 20.1 Å². The zero-order valence-electron chi connectivity index (χ0n) is 11.2. The van der Waals surface area contributed by atoms with Crippen molar-refractivity contribution in [2.75, 3.05) is 44.0 Å². The molecule has 4 nitrogen and oxygen atoms in total. The molecule has 0 radical (unpaired) electrons. The van der Waals surface area contributed by atoms with Crippen LogP contribution >= 0.6 is 0 Å². The van der Waals surface area contributed by atoms with Crippen molar-refractivity contribution >= 4 is 11.4 Å². The maximum Gasteiger partial charge on any atom is 0.167 e. The Morgan fingerprint density at radius 1 is 1.33 bits per heavy atom. The van der Waals surface area contributed by atoms with E-state index in [1.165, 1.54) is 13.2 Å². The number of hydrogen-bond acceptors (Lipinski definition) is 4. The van der Waals surface area contributed by atoms with Gasteiger partial charge in [0, 0.05) is 31.8 Å². The van der Waals surface area contributed by atoms with Crippen LogP contribution in [0.2, 0.25) is 0 Å². The minimum atomic E-state index is -0.445. The molecule has 5 heteroatoms. The summed E-state index contributed by atoms with van der Waals surface area (Å²) in [6.45, 7) is 6.74. The highest BCUT2D eigenvalue weighted by atomic mass is 19.1. The number of nitrogens with zero attached hydrogens (tertiary/aromatic N) is 1. The van der Waals surface area contributed by atoms with E-state index in [9.17, 15) is 4.39 Å².